The number of carbonyl (C=O) groups excluding carboxylic acids is 1. The molecular weight excluding hydrogens is 447 g/mol. The van der Waals surface area contributed by atoms with Gasteiger partial charge < -0.3 is 10.1 Å². The normalized spacial score (nSPS) is 11.6. The molecule has 32 heavy (non-hydrogen) atoms. The number of nitrogens with zero attached hydrogens (tertiary/aromatic N) is 1. The number of ether oxygens (including phenoxy) is 1. The standard InChI is InChI=1S/C21H18F3N3O4S/c22-21(23,24)16-2-1-3-18(14-16)31-13-12-26-20(28)15-4-6-19(7-5-15)32(29,30)27-17-8-10-25-11-9-17/h1-11,14H,12-13H2,(H,25,27)(H,26,28). The second-order valence-electron chi connectivity index (χ2n) is 6.50. The molecule has 1 amide bonds. The molecule has 0 unspecified atom stereocenters. The van der Waals surface area contributed by atoms with Crippen LogP contribution in [0.4, 0.5) is 18.9 Å². The molecule has 0 aliphatic rings. The van der Waals surface area contributed by atoms with Gasteiger partial charge in [0.1, 0.15) is 12.4 Å². The number of hydrogen-bond acceptors (Lipinski definition) is 5. The van der Waals surface area contributed by atoms with Crippen LogP contribution in [0.1, 0.15) is 15.9 Å². The zero-order chi connectivity index (χ0) is 23.2. The molecule has 0 aliphatic heterocycles. The van der Waals surface area contributed by atoms with Gasteiger partial charge in [-0.2, -0.15) is 13.2 Å². The van der Waals surface area contributed by atoms with Crippen LogP contribution in [0.5, 0.6) is 5.75 Å². The van der Waals surface area contributed by atoms with Crippen LogP contribution in [0.3, 0.4) is 0 Å². The van der Waals surface area contributed by atoms with Gasteiger partial charge in [-0.3, -0.25) is 14.5 Å². The summed E-state index contributed by atoms with van der Waals surface area (Å²) in [5, 5.41) is 2.55. The Bertz CT molecular complexity index is 1170. The molecule has 1 aromatic heterocycles. The Morgan fingerprint density at radius 1 is 1.00 bits per heavy atom. The van der Waals surface area contributed by atoms with Crippen molar-refractivity contribution in [2.75, 3.05) is 17.9 Å². The summed E-state index contributed by atoms with van der Waals surface area (Å²) in [4.78, 5) is 16.0. The fourth-order valence-electron chi connectivity index (χ4n) is 2.62. The predicted molar refractivity (Wildman–Crippen MR) is 111 cm³/mol. The Kier molecular flexibility index (Phi) is 6.98. The van der Waals surface area contributed by atoms with Crippen molar-refractivity contribution in [3.8, 4) is 5.75 Å². The van der Waals surface area contributed by atoms with Gasteiger partial charge in [0.05, 0.1) is 22.7 Å². The number of halogens is 3. The molecule has 3 aromatic rings. The molecule has 11 heteroatoms. The van der Waals surface area contributed by atoms with E-state index in [0.717, 1.165) is 12.1 Å². The summed E-state index contributed by atoms with van der Waals surface area (Å²) < 4.78 is 70.5. The minimum absolute atomic E-state index is 0.0289. The number of hydrogen-bond donors (Lipinski definition) is 2. The number of nitrogens with one attached hydrogen (secondary N) is 2. The van der Waals surface area contributed by atoms with Crippen LogP contribution >= 0.6 is 0 Å². The predicted octanol–water partition coefficient (Wildman–Crippen LogP) is 3.71. The molecule has 0 bridgehead atoms. The lowest BCUT2D eigenvalue weighted by Crippen LogP contribution is -2.28. The number of carbonyl (C=O) groups is 1. The fraction of sp³-hybridized carbons (Fsp3) is 0.143. The van der Waals surface area contributed by atoms with Crippen molar-refractivity contribution in [3.05, 3.63) is 84.2 Å². The van der Waals surface area contributed by atoms with Gasteiger partial charge in [-0.1, -0.05) is 6.07 Å². The van der Waals surface area contributed by atoms with E-state index < -0.39 is 27.7 Å². The molecule has 2 aromatic carbocycles. The molecule has 1 heterocycles. The molecule has 0 fully saturated rings. The number of rotatable bonds is 8. The highest BCUT2D eigenvalue weighted by atomic mass is 32.2. The lowest BCUT2D eigenvalue weighted by Gasteiger charge is -2.11. The zero-order valence-electron chi connectivity index (χ0n) is 16.5. The average molecular weight is 465 g/mol. The van der Waals surface area contributed by atoms with E-state index in [1.54, 1.807) is 0 Å². The molecule has 7 nitrogen and oxygen atoms in total. The van der Waals surface area contributed by atoms with Gasteiger partial charge in [0.15, 0.2) is 0 Å². The van der Waals surface area contributed by atoms with Gasteiger partial charge in [0.2, 0.25) is 0 Å². The van der Waals surface area contributed by atoms with Gasteiger partial charge >= 0.3 is 6.18 Å². The van der Waals surface area contributed by atoms with Crippen LogP contribution < -0.4 is 14.8 Å². The first-order valence-corrected chi connectivity index (χ1v) is 10.7. The molecule has 0 spiro atoms. The average Bonchev–Trinajstić information content (AvgIpc) is 2.77. The molecule has 0 saturated heterocycles. The van der Waals surface area contributed by atoms with Crippen molar-refractivity contribution in [2.45, 2.75) is 11.1 Å². The van der Waals surface area contributed by atoms with Crippen LogP contribution in [0.2, 0.25) is 0 Å². The lowest BCUT2D eigenvalue weighted by atomic mass is 10.2. The van der Waals surface area contributed by atoms with Crippen molar-refractivity contribution in [1.29, 1.82) is 0 Å². The number of pyridine rings is 1. The Hall–Kier alpha value is -3.60. The topological polar surface area (TPSA) is 97.4 Å². The summed E-state index contributed by atoms with van der Waals surface area (Å²) in [6.07, 6.45) is -1.58. The minimum atomic E-state index is -4.47. The number of anilines is 1. The summed E-state index contributed by atoms with van der Waals surface area (Å²) in [6.45, 7) is -0.00586. The maximum atomic E-state index is 12.7. The first kappa shape index (κ1) is 23.1. The SMILES string of the molecule is O=C(NCCOc1cccc(C(F)(F)F)c1)c1ccc(S(=O)(=O)Nc2ccncc2)cc1. The highest BCUT2D eigenvalue weighted by molar-refractivity contribution is 7.92. The molecular formula is C21H18F3N3O4S. The second-order valence-corrected chi connectivity index (χ2v) is 8.18. The molecule has 168 valence electrons. The Morgan fingerprint density at radius 2 is 1.69 bits per heavy atom. The van der Waals surface area contributed by atoms with E-state index in [0.29, 0.717) is 5.69 Å². The van der Waals surface area contributed by atoms with E-state index in [-0.39, 0.29) is 29.4 Å². The smallest absolute Gasteiger partial charge is 0.416 e. The summed E-state index contributed by atoms with van der Waals surface area (Å²) in [5.74, 6) is -0.450. The van der Waals surface area contributed by atoms with Crippen molar-refractivity contribution in [2.24, 2.45) is 0 Å². The number of alkyl halides is 3. The quantitative estimate of drug-likeness (QED) is 0.495. The zero-order valence-corrected chi connectivity index (χ0v) is 17.3. The molecule has 2 N–H and O–H groups in total. The van der Waals surface area contributed by atoms with Gasteiger partial charge in [0.25, 0.3) is 15.9 Å². The van der Waals surface area contributed by atoms with Gasteiger partial charge in [-0.05, 0) is 54.6 Å². The number of benzene rings is 2. The highest BCUT2D eigenvalue weighted by Crippen LogP contribution is 2.31. The Balaban J connectivity index is 1.52. The summed E-state index contributed by atoms with van der Waals surface area (Å²) in [5.41, 5.74) is -0.262. The summed E-state index contributed by atoms with van der Waals surface area (Å²) >= 11 is 0. The van der Waals surface area contributed by atoms with E-state index in [9.17, 15) is 26.4 Å². The van der Waals surface area contributed by atoms with Crippen LogP contribution in [0.15, 0.2) is 78.0 Å². The summed E-state index contributed by atoms with van der Waals surface area (Å²) in [7, 11) is -3.83. The Labute approximate surface area is 182 Å². The van der Waals surface area contributed by atoms with E-state index in [2.05, 4.69) is 15.0 Å². The molecule has 0 atom stereocenters. The van der Waals surface area contributed by atoms with Crippen LogP contribution in [0.25, 0.3) is 0 Å². The fourth-order valence-corrected chi connectivity index (χ4v) is 3.68. The van der Waals surface area contributed by atoms with Gasteiger partial charge in [0, 0.05) is 18.0 Å². The third-order valence-corrected chi connectivity index (χ3v) is 5.57. The maximum Gasteiger partial charge on any atom is 0.416 e. The first-order chi connectivity index (χ1) is 15.1. The number of amides is 1. The monoisotopic (exact) mass is 465 g/mol. The van der Waals surface area contributed by atoms with Crippen molar-refractivity contribution in [3.63, 3.8) is 0 Å². The molecule has 0 saturated carbocycles. The molecule has 0 radical (unpaired) electrons. The van der Waals surface area contributed by atoms with E-state index in [4.69, 9.17) is 4.74 Å². The number of aromatic nitrogens is 1. The van der Waals surface area contributed by atoms with E-state index in [1.807, 2.05) is 0 Å². The number of sulfonamides is 1. The first-order valence-electron chi connectivity index (χ1n) is 9.26. The Morgan fingerprint density at radius 3 is 2.34 bits per heavy atom. The third-order valence-electron chi connectivity index (χ3n) is 4.18. The van der Waals surface area contributed by atoms with Gasteiger partial charge in [-0.15, -0.1) is 0 Å². The van der Waals surface area contributed by atoms with Crippen LogP contribution in [0, 0.1) is 0 Å². The van der Waals surface area contributed by atoms with E-state index >= 15 is 0 Å². The van der Waals surface area contributed by atoms with Crippen molar-refractivity contribution >= 4 is 21.6 Å². The van der Waals surface area contributed by atoms with Gasteiger partial charge in [-0.25, -0.2) is 8.42 Å². The van der Waals surface area contributed by atoms with E-state index in [1.165, 1.54) is 60.9 Å². The van der Waals surface area contributed by atoms with Crippen LogP contribution in [-0.2, 0) is 16.2 Å². The van der Waals surface area contributed by atoms with Crippen molar-refractivity contribution < 1.29 is 31.1 Å². The van der Waals surface area contributed by atoms with Crippen LogP contribution in [-0.4, -0.2) is 32.5 Å². The second kappa shape index (κ2) is 9.69. The maximum absolute atomic E-state index is 12.7. The summed E-state index contributed by atoms with van der Waals surface area (Å²) in [6, 6.07) is 12.7. The highest BCUT2D eigenvalue weighted by Gasteiger charge is 2.30. The lowest BCUT2D eigenvalue weighted by molar-refractivity contribution is -0.137. The molecule has 3 rings (SSSR count). The minimum Gasteiger partial charge on any atom is -0.492 e. The largest absolute Gasteiger partial charge is 0.492 e. The molecule has 0 aliphatic carbocycles. The third kappa shape index (κ3) is 6.20. The van der Waals surface area contributed by atoms with Crippen molar-refractivity contribution in [1.82, 2.24) is 10.3 Å².